The first kappa shape index (κ1) is 17.6. The van der Waals surface area contributed by atoms with Crippen LogP contribution in [0.15, 0.2) is 57.7 Å². The SMILES string of the molecule is CCOc1ccc(N2CSC3=C(C#N)[C@H](c4ccco4)CC(=O)N3C2)cc1. The number of ether oxygens (including phenoxy) is 1. The molecule has 1 aromatic carbocycles. The first-order valence-corrected chi connectivity index (χ1v) is 9.78. The van der Waals surface area contributed by atoms with Crippen molar-refractivity contribution in [2.24, 2.45) is 0 Å². The number of furan rings is 1. The molecule has 2 aromatic rings. The fourth-order valence-electron chi connectivity index (χ4n) is 3.38. The summed E-state index contributed by atoms with van der Waals surface area (Å²) in [7, 11) is 0. The molecule has 2 aliphatic rings. The van der Waals surface area contributed by atoms with Gasteiger partial charge in [-0.3, -0.25) is 9.69 Å². The van der Waals surface area contributed by atoms with Gasteiger partial charge in [0.1, 0.15) is 11.5 Å². The summed E-state index contributed by atoms with van der Waals surface area (Å²) < 4.78 is 11.0. The summed E-state index contributed by atoms with van der Waals surface area (Å²) in [5, 5.41) is 10.5. The fourth-order valence-corrected chi connectivity index (χ4v) is 4.55. The van der Waals surface area contributed by atoms with E-state index in [9.17, 15) is 10.1 Å². The van der Waals surface area contributed by atoms with Gasteiger partial charge in [0.05, 0.1) is 48.0 Å². The van der Waals surface area contributed by atoms with E-state index >= 15 is 0 Å². The Morgan fingerprint density at radius 3 is 2.81 bits per heavy atom. The normalized spacial score (nSPS) is 19.7. The number of fused-ring (bicyclic) bond motifs is 1. The molecule has 1 aromatic heterocycles. The highest BCUT2D eigenvalue weighted by molar-refractivity contribution is 8.03. The van der Waals surface area contributed by atoms with Crippen LogP contribution in [-0.4, -0.2) is 30.0 Å². The number of carbonyl (C=O) groups is 1. The Morgan fingerprint density at radius 2 is 2.15 bits per heavy atom. The van der Waals surface area contributed by atoms with Crippen LogP contribution < -0.4 is 9.64 Å². The van der Waals surface area contributed by atoms with Crippen LogP contribution in [0.4, 0.5) is 5.69 Å². The first-order valence-electron chi connectivity index (χ1n) is 8.80. The van der Waals surface area contributed by atoms with Crippen LogP contribution in [0.3, 0.4) is 0 Å². The molecule has 0 unspecified atom stereocenters. The van der Waals surface area contributed by atoms with Crippen molar-refractivity contribution in [2.75, 3.05) is 24.1 Å². The molecule has 1 saturated heterocycles. The Balaban J connectivity index is 1.59. The van der Waals surface area contributed by atoms with Gasteiger partial charge in [-0.2, -0.15) is 5.26 Å². The predicted molar refractivity (Wildman–Crippen MR) is 103 cm³/mol. The summed E-state index contributed by atoms with van der Waals surface area (Å²) in [4.78, 5) is 16.6. The van der Waals surface area contributed by atoms with E-state index in [1.807, 2.05) is 37.3 Å². The zero-order valence-electron chi connectivity index (χ0n) is 14.9. The van der Waals surface area contributed by atoms with Crippen LogP contribution in [0.5, 0.6) is 5.75 Å². The van der Waals surface area contributed by atoms with E-state index < -0.39 is 0 Å². The van der Waals surface area contributed by atoms with Gasteiger partial charge in [-0.25, -0.2) is 0 Å². The largest absolute Gasteiger partial charge is 0.494 e. The number of amides is 1. The molecule has 1 fully saturated rings. The molecule has 3 heterocycles. The molecule has 1 atom stereocenters. The Kier molecular flexibility index (Phi) is 4.82. The van der Waals surface area contributed by atoms with Gasteiger partial charge in [-0.05, 0) is 43.3 Å². The summed E-state index contributed by atoms with van der Waals surface area (Å²) >= 11 is 1.52. The summed E-state index contributed by atoms with van der Waals surface area (Å²) in [6, 6.07) is 13.8. The number of hydrogen-bond donors (Lipinski definition) is 0. The summed E-state index contributed by atoms with van der Waals surface area (Å²) in [6.07, 6.45) is 1.82. The minimum atomic E-state index is -0.298. The van der Waals surface area contributed by atoms with Gasteiger partial charge in [-0.1, -0.05) is 11.8 Å². The van der Waals surface area contributed by atoms with Gasteiger partial charge in [0.25, 0.3) is 0 Å². The molecule has 0 aliphatic carbocycles. The lowest BCUT2D eigenvalue weighted by molar-refractivity contribution is -0.130. The summed E-state index contributed by atoms with van der Waals surface area (Å²) in [5.41, 5.74) is 1.63. The number of hydrogen-bond acceptors (Lipinski definition) is 6. The van der Waals surface area contributed by atoms with Crippen LogP contribution in [-0.2, 0) is 4.79 Å². The van der Waals surface area contributed by atoms with Crippen molar-refractivity contribution in [1.29, 1.82) is 5.26 Å². The second-order valence-electron chi connectivity index (χ2n) is 6.31. The lowest BCUT2D eigenvalue weighted by atomic mass is 9.91. The van der Waals surface area contributed by atoms with Gasteiger partial charge in [0.2, 0.25) is 5.91 Å². The molecular formula is C20H19N3O3S. The van der Waals surface area contributed by atoms with E-state index in [2.05, 4.69) is 11.0 Å². The van der Waals surface area contributed by atoms with Crippen molar-refractivity contribution >= 4 is 23.4 Å². The minimum Gasteiger partial charge on any atom is -0.494 e. The van der Waals surface area contributed by atoms with Crippen molar-refractivity contribution in [2.45, 2.75) is 19.3 Å². The highest BCUT2D eigenvalue weighted by Gasteiger charge is 2.39. The lowest BCUT2D eigenvalue weighted by Crippen LogP contribution is -2.47. The van der Waals surface area contributed by atoms with Crippen molar-refractivity contribution in [1.82, 2.24) is 4.90 Å². The number of thioether (sulfide) groups is 1. The molecule has 2 aliphatic heterocycles. The number of nitrogens with zero attached hydrogens (tertiary/aromatic N) is 3. The number of carbonyl (C=O) groups excluding carboxylic acids is 1. The van der Waals surface area contributed by atoms with Gasteiger partial charge < -0.3 is 14.1 Å². The second-order valence-corrected chi connectivity index (χ2v) is 7.24. The van der Waals surface area contributed by atoms with Crippen LogP contribution in [0, 0.1) is 11.3 Å². The van der Waals surface area contributed by atoms with Gasteiger partial charge in [0.15, 0.2) is 0 Å². The first-order chi connectivity index (χ1) is 13.2. The third kappa shape index (κ3) is 3.28. The number of allylic oxidation sites excluding steroid dienone is 1. The van der Waals surface area contributed by atoms with E-state index in [0.717, 1.165) is 16.5 Å². The quantitative estimate of drug-likeness (QED) is 0.800. The standard InChI is InChI=1S/C20H19N3O3S/c1-2-25-15-7-5-14(6-8-15)22-12-23-19(24)10-16(18-4-3-9-26-18)17(11-21)20(23)27-13-22/h3-9,16H,2,10,12-13H2,1H3/t16-/m1/s1. The Morgan fingerprint density at radius 1 is 1.33 bits per heavy atom. The molecule has 0 bridgehead atoms. The fraction of sp³-hybridized carbons (Fsp3) is 0.300. The Bertz CT molecular complexity index is 900. The average Bonchev–Trinajstić information content (AvgIpc) is 3.23. The number of benzene rings is 1. The van der Waals surface area contributed by atoms with E-state index in [-0.39, 0.29) is 18.2 Å². The maximum Gasteiger partial charge on any atom is 0.230 e. The molecule has 0 radical (unpaired) electrons. The van der Waals surface area contributed by atoms with Gasteiger partial charge in [0, 0.05) is 12.1 Å². The van der Waals surface area contributed by atoms with Crippen molar-refractivity contribution in [3.05, 3.63) is 59.0 Å². The molecule has 6 nitrogen and oxygen atoms in total. The van der Waals surface area contributed by atoms with Crippen molar-refractivity contribution in [3.63, 3.8) is 0 Å². The minimum absolute atomic E-state index is 0.00790. The zero-order chi connectivity index (χ0) is 18.8. The van der Waals surface area contributed by atoms with Gasteiger partial charge >= 0.3 is 0 Å². The maximum absolute atomic E-state index is 12.8. The van der Waals surface area contributed by atoms with Crippen LogP contribution in [0.25, 0.3) is 0 Å². The van der Waals surface area contributed by atoms with Crippen LogP contribution in [0.2, 0.25) is 0 Å². The molecule has 0 N–H and O–H groups in total. The van der Waals surface area contributed by atoms with Crippen LogP contribution in [0.1, 0.15) is 25.0 Å². The number of anilines is 1. The number of nitriles is 1. The van der Waals surface area contributed by atoms with Crippen molar-refractivity contribution < 1.29 is 13.9 Å². The third-order valence-corrected chi connectivity index (χ3v) is 5.85. The topological polar surface area (TPSA) is 69.7 Å². The summed E-state index contributed by atoms with van der Waals surface area (Å²) in [6.45, 7) is 3.02. The number of rotatable bonds is 4. The smallest absolute Gasteiger partial charge is 0.230 e. The molecule has 1 amide bonds. The monoisotopic (exact) mass is 381 g/mol. The third-order valence-electron chi connectivity index (χ3n) is 4.69. The van der Waals surface area contributed by atoms with E-state index in [1.165, 1.54) is 11.8 Å². The lowest BCUT2D eigenvalue weighted by Gasteiger charge is -2.41. The zero-order valence-corrected chi connectivity index (χ0v) is 15.7. The van der Waals surface area contributed by atoms with E-state index in [4.69, 9.17) is 9.15 Å². The molecule has 0 saturated carbocycles. The highest BCUT2D eigenvalue weighted by atomic mass is 32.2. The van der Waals surface area contributed by atoms with E-state index in [0.29, 0.717) is 30.5 Å². The molecule has 7 heteroatoms. The predicted octanol–water partition coefficient (Wildman–Crippen LogP) is 3.90. The maximum atomic E-state index is 12.8. The molecule has 138 valence electrons. The molecule has 4 rings (SSSR count). The van der Waals surface area contributed by atoms with Crippen LogP contribution >= 0.6 is 11.8 Å². The Labute approximate surface area is 162 Å². The molecule has 0 spiro atoms. The summed E-state index contributed by atoms with van der Waals surface area (Å²) in [5.74, 6) is 1.88. The Hall–Kier alpha value is -2.85. The van der Waals surface area contributed by atoms with Gasteiger partial charge in [-0.15, -0.1) is 0 Å². The van der Waals surface area contributed by atoms with Crippen molar-refractivity contribution in [3.8, 4) is 11.8 Å². The molecular weight excluding hydrogens is 362 g/mol. The highest BCUT2D eigenvalue weighted by Crippen LogP contribution is 2.43. The second kappa shape index (κ2) is 7.41. The molecule has 27 heavy (non-hydrogen) atoms. The average molecular weight is 381 g/mol. The van der Waals surface area contributed by atoms with E-state index in [1.54, 1.807) is 17.2 Å².